The number of nitrogens with one attached hydrogen (secondary N) is 1. The minimum absolute atomic E-state index is 0.137. The molecule has 0 bridgehead atoms. The number of hydrogen-bond acceptors (Lipinski definition) is 2. The molecule has 0 spiro atoms. The van der Waals surface area contributed by atoms with E-state index in [1.165, 1.54) is 0 Å². The van der Waals surface area contributed by atoms with Gasteiger partial charge in [0, 0.05) is 6.04 Å². The van der Waals surface area contributed by atoms with Crippen LogP contribution < -0.4 is 5.48 Å². The lowest BCUT2D eigenvalue weighted by molar-refractivity contribution is 0.134. The van der Waals surface area contributed by atoms with Crippen molar-refractivity contribution < 1.29 is 5.21 Å². The molecule has 7 heavy (non-hydrogen) atoms. The fourth-order valence-electron chi connectivity index (χ4n) is 0.303. The first-order valence-corrected chi connectivity index (χ1v) is 2.31. The molecular weight excluding hydrogens is 90.1 g/mol. The summed E-state index contributed by atoms with van der Waals surface area (Å²) in [7, 11) is 0. The van der Waals surface area contributed by atoms with Crippen LogP contribution in [0, 0.1) is 0 Å². The Hall–Kier alpha value is -0.340. The van der Waals surface area contributed by atoms with Crippen molar-refractivity contribution in [2.75, 3.05) is 0 Å². The van der Waals surface area contributed by atoms with Crippen molar-refractivity contribution in [3.63, 3.8) is 0 Å². The number of hydroxylamine groups is 1. The summed E-state index contributed by atoms with van der Waals surface area (Å²) < 4.78 is 0. The fraction of sp³-hybridized carbons (Fsp3) is 0.600. The second-order valence-corrected chi connectivity index (χ2v) is 1.55. The summed E-state index contributed by atoms with van der Waals surface area (Å²) in [5, 5.41) is 8.17. The van der Waals surface area contributed by atoms with E-state index in [9.17, 15) is 0 Å². The summed E-state index contributed by atoms with van der Waals surface area (Å²) in [5.41, 5.74) is 2.09. The average molecular weight is 101 g/mol. The highest BCUT2D eigenvalue weighted by Crippen LogP contribution is 1.86. The Morgan fingerprint density at radius 2 is 2.57 bits per heavy atom. The van der Waals surface area contributed by atoms with Crippen LogP contribution in [0.4, 0.5) is 0 Å². The lowest BCUT2D eigenvalue weighted by Gasteiger charge is -2.01. The Labute approximate surface area is 43.8 Å². The van der Waals surface area contributed by atoms with Crippen LogP contribution in [-0.4, -0.2) is 11.2 Å². The minimum atomic E-state index is 0.137. The molecule has 0 fully saturated rings. The van der Waals surface area contributed by atoms with Crippen LogP contribution in [0.25, 0.3) is 0 Å². The molecule has 0 aromatic carbocycles. The van der Waals surface area contributed by atoms with Gasteiger partial charge in [-0.05, 0) is 13.3 Å². The van der Waals surface area contributed by atoms with Crippen LogP contribution in [0.1, 0.15) is 13.3 Å². The van der Waals surface area contributed by atoms with E-state index in [1.807, 2.05) is 6.92 Å². The first kappa shape index (κ1) is 6.66. The molecule has 2 N–H and O–H groups in total. The molecule has 1 unspecified atom stereocenters. The van der Waals surface area contributed by atoms with Gasteiger partial charge in [0.25, 0.3) is 0 Å². The third-order valence-electron chi connectivity index (χ3n) is 0.741. The molecule has 0 saturated carbocycles. The zero-order chi connectivity index (χ0) is 5.70. The van der Waals surface area contributed by atoms with Crippen molar-refractivity contribution >= 4 is 0 Å². The van der Waals surface area contributed by atoms with E-state index in [0.717, 1.165) is 6.42 Å². The maximum atomic E-state index is 8.17. The van der Waals surface area contributed by atoms with Crippen molar-refractivity contribution in [3.05, 3.63) is 12.7 Å². The van der Waals surface area contributed by atoms with Crippen LogP contribution in [0.3, 0.4) is 0 Å². The van der Waals surface area contributed by atoms with Crippen molar-refractivity contribution in [1.82, 2.24) is 5.48 Å². The molecule has 0 saturated heterocycles. The molecular formula is C5H11NO. The van der Waals surface area contributed by atoms with Crippen LogP contribution in [0.2, 0.25) is 0 Å². The smallest absolute Gasteiger partial charge is 0.0325 e. The second kappa shape index (κ2) is 3.84. The zero-order valence-corrected chi connectivity index (χ0v) is 4.52. The van der Waals surface area contributed by atoms with Crippen LogP contribution in [0.15, 0.2) is 12.7 Å². The van der Waals surface area contributed by atoms with Crippen LogP contribution >= 0.6 is 0 Å². The van der Waals surface area contributed by atoms with E-state index in [1.54, 1.807) is 6.08 Å². The van der Waals surface area contributed by atoms with Crippen LogP contribution in [0.5, 0.6) is 0 Å². The van der Waals surface area contributed by atoms with E-state index in [4.69, 9.17) is 5.21 Å². The van der Waals surface area contributed by atoms with Gasteiger partial charge in [0.15, 0.2) is 0 Å². The van der Waals surface area contributed by atoms with Crippen molar-refractivity contribution in [2.45, 2.75) is 19.4 Å². The normalized spacial score (nSPS) is 13.4. The maximum absolute atomic E-state index is 8.17. The van der Waals surface area contributed by atoms with Crippen molar-refractivity contribution in [1.29, 1.82) is 0 Å². The third kappa shape index (κ3) is 3.49. The summed E-state index contributed by atoms with van der Waals surface area (Å²) in [4.78, 5) is 0. The first-order valence-electron chi connectivity index (χ1n) is 2.31. The zero-order valence-electron chi connectivity index (χ0n) is 4.52. The summed E-state index contributed by atoms with van der Waals surface area (Å²) in [5.74, 6) is 0. The standard InChI is InChI=1S/C5H11NO/c1-3-4-5(2)6-7/h3,5-7H,1,4H2,2H3. The largest absolute Gasteiger partial charge is 0.317 e. The van der Waals surface area contributed by atoms with Gasteiger partial charge in [0.2, 0.25) is 0 Å². The van der Waals surface area contributed by atoms with Crippen molar-refractivity contribution in [3.8, 4) is 0 Å². The molecule has 0 radical (unpaired) electrons. The molecule has 0 aliphatic rings. The lowest BCUT2D eigenvalue weighted by atomic mass is 10.2. The topological polar surface area (TPSA) is 32.3 Å². The molecule has 0 aliphatic carbocycles. The summed E-state index contributed by atoms with van der Waals surface area (Å²) in [6.45, 7) is 5.37. The molecule has 2 nitrogen and oxygen atoms in total. The van der Waals surface area contributed by atoms with Gasteiger partial charge < -0.3 is 5.21 Å². The highest BCUT2D eigenvalue weighted by Gasteiger charge is 1.90. The second-order valence-electron chi connectivity index (χ2n) is 1.55. The molecule has 0 rings (SSSR count). The van der Waals surface area contributed by atoms with E-state index in [2.05, 4.69) is 12.1 Å². The Bertz CT molecular complexity index is 54.0. The first-order chi connectivity index (χ1) is 3.31. The van der Waals surface area contributed by atoms with E-state index >= 15 is 0 Å². The fourth-order valence-corrected chi connectivity index (χ4v) is 0.303. The summed E-state index contributed by atoms with van der Waals surface area (Å²) in [6, 6.07) is 0.137. The monoisotopic (exact) mass is 101 g/mol. The van der Waals surface area contributed by atoms with E-state index in [-0.39, 0.29) is 6.04 Å². The maximum Gasteiger partial charge on any atom is 0.0325 e. The molecule has 0 heterocycles. The van der Waals surface area contributed by atoms with Gasteiger partial charge in [-0.1, -0.05) is 6.08 Å². The van der Waals surface area contributed by atoms with Gasteiger partial charge in [-0.3, -0.25) is 0 Å². The Morgan fingerprint density at radius 1 is 2.00 bits per heavy atom. The SMILES string of the molecule is C=CCC(C)NO. The molecule has 0 aromatic heterocycles. The van der Waals surface area contributed by atoms with Gasteiger partial charge in [-0.2, -0.15) is 0 Å². The van der Waals surface area contributed by atoms with Gasteiger partial charge in [0.05, 0.1) is 0 Å². The minimum Gasteiger partial charge on any atom is -0.317 e. The van der Waals surface area contributed by atoms with Gasteiger partial charge in [-0.25, -0.2) is 5.48 Å². The van der Waals surface area contributed by atoms with E-state index < -0.39 is 0 Å². The summed E-state index contributed by atoms with van der Waals surface area (Å²) in [6.07, 6.45) is 2.56. The average Bonchev–Trinajstić information content (AvgIpc) is 1.68. The Balaban J connectivity index is 2.98. The molecule has 2 heteroatoms. The third-order valence-corrected chi connectivity index (χ3v) is 0.741. The van der Waals surface area contributed by atoms with Gasteiger partial charge in [-0.15, -0.1) is 6.58 Å². The predicted molar refractivity (Wildman–Crippen MR) is 29.2 cm³/mol. The predicted octanol–water partition coefficient (Wildman–Crippen LogP) is 0.930. The molecule has 1 atom stereocenters. The van der Waals surface area contributed by atoms with Crippen molar-refractivity contribution in [2.24, 2.45) is 0 Å². The summed E-state index contributed by atoms with van der Waals surface area (Å²) >= 11 is 0. The Morgan fingerprint density at radius 3 is 2.71 bits per heavy atom. The number of rotatable bonds is 3. The molecule has 42 valence electrons. The van der Waals surface area contributed by atoms with Crippen LogP contribution in [-0.2, 0) is 0 Å². The van der Waals surface area contributed by atoms with Gasteiger partial charge in [0.1, 0.15) is 0 Å². The molecule has 0 amide bonds. The highest BCUT2D eigenvalue weighted by atomic mass is 16.5. The lowest BCUT2D eigenvalue weighted by Crippen LogP contribution is -2.20. The Kier molecular flexibility index (Phi) is 3.65. The number of hydrogen-bond donors (Lipinski definition) is 2. The van der Waals surface area contributed by atoms with Gasteiger partial charge >= 0.3 is 0 Å². The quantitative estimate of drug-likeness (QED) is 0.409. The molecule has 0 aliphatic heterocycles. The highest BCUT2D eigenvalue weighted by molar-refractivity contribution is 4.71. The van der Waals surface area contributed by atoms with E-state index in [0.29, 0.717) is 0 Å². The molecule has 0 aromatic rings.